The van der Waals surface area contributed by atoms with E-state index in [0.29, 0.717) is 0 Å². The Morgan fingerprint density at radius 2 is 1.94 bits per heavy atom. The number of ether oxygens (including phenoxy) is 1. The molecule has 0 aliphatic heterocycles. The van der Waals surface area contributed by atoms with Crippen LogP contribution in [0.15, 0.2) is 24.3 Å². The molecule has 1 N–H and O–H groups in total. The normalized spacial score (nSPS) is 14.9. The van der Waals surface area contributed by atoms with Crippen molar-refractivity contribution in [2.24, 2.45) is 0 Å². The Morgan fingerprint density at radius 1 is 1.31 bits per heavy atom. The number of para-hydroxylation sites is 1. The fraction of sp³-hybridized carbons (Fsp3) is 0.571. The molecule has 2 heteroatoms. The molecule has 0 saturated carbocycles. The Morgan fingerprint density at radius 3 is 2.50 bits per heavy atom. The van der Waals surface area contributed by atoms with Gasteiger partial charge in [0.2, 0.25) is 0 Å². The first kappa shape index (κ1) is 13.0. The van der Waals surface area contributed by atoms with Gasteiger partial charge in [0.1, 0.15) is 5.75 Å². The highest BCUT2D eigenvalue weighted by Crippen LogP contribution is 2.33. The van der Waals surface area contributed by atoms with E-state index in [2.05, 4.69) is 6.92 Å². The summed E-state index contributed by atoms with van der Waals surface area (Å²) in [6.45, 7) is 7.90. The van der Waals surface area contributed by atoms with E-state index in [1.807, 2.05) is 45.0 Å². The van der Waals surface area contributed by atoms with Crippen LogP contribution in [0.3, 0.4) is 0 Å². The Kier molecular flexibility index (Phi) is 4.36. The summed E-state index contributed by atoms with van der Waals surface area (Å²) in [4.78, 5) is 0. The van der Waals surface area contributed by atoms with E-state index >= 15 is 0 Å². The average Bonchev–Trinajstić information content (AvgIpc) is 2.17. The van der Waals surface area contributed by atoms with Gasteiger partial charge in [-0.15, -0.1) is 0 Å². The van der Waals surface area contributed by atoms with Gasteiger partial charge in [0.25, 0.3) is 0 Å². The Balaban J connectivity index is 3.02. The predicted octanol–water partition coefficient (Wildman–Crippen LogP) is 3.48. The first-order valence-corrected chi connectivity index (χ1v) is 5.96. The minimum atomic E-state index is -0.805. The van der Waals surface area contributed by atoms with E-state index in [4.69, 9.17) is 4.74 Å². The molecule has 0 heterocycles. The number of rotatable bonds is 5. The third-order valence-electron chi connectivity index (χ3n) is 2.57. The van der Waals surface area contributed by atoms with E-state index in [1.54, 1.807) is 0 Å². The number of hydrogen-bond acceptors (Lipinski definition) is 2. The molecule has 2 nitrogen and oxygen atoms in total. The highest BCUT2D eigenvalue weighted by Gasteiger charge is 2.25. The van der Waals surface area contributed by atoms with Crippen molar-refractivity contribution >= 4 is 0 Å². The van der Waals surface area contributed by atoms with Gasteiger partial charge in [-0.25, -0.2) is 0 Å². The molecule has 90 valence electrons. The summed E-state index contributed by atoms with van der Waals surface area (Å²) in [6.07, 6.45) is 1.81. The maximum absolute atomic E-state index is 10.4. The molecule has 0 amide bonds. The van der Waals surface area contributed by atoms with Crippen molar-refractivity contribution in [2.75, 3.05) is 0 Å². The number of aliphatic hydroxyl groups is 1. The van der Waals surface area contributed by atoms with Crippen molar-refractivity contribution in [1.29, 1.82) is 0 Å². The van der Waals surface area contributed by atoms with Gasteiger partial charge < -0.3 is 9.84 Å². The molecule has 0 aliphatic rings. The van der Waals surface area contributed by atoms with Crippen LogP contribution in [0.4, 0.5) is 0 Å². The molecule has 1 rings (SSSR count). The van der Waals surface area contributed by atoms with Crippen LogP contribution < -0.4 is 4.74 Å². The first-order chi connectivity index (χ1) is 7.47. The average molecular weight is 222 g/mol. The van der Waals surface area contributed by atoms with Crippen molar-refractivity contribution in [3.05, 3.63) is 29.8 Å². The lowest BCUT2D eigenvalue weighted by Gasteiger charge is -2.26. The van der Waals surface area contributed by atoms with E-state index in [0.717, 1.165) is 24.2 Å². The molecule has 0 spiro atoms. The van der Waals surface area contributed by atoms with Crippen LogP contribution in [0, 0.1) is 0 Å². The lowest BCUT2D eigenvalue weighted by Crippen LogP contribution is -2.22. The summed E-state index contributed by atoms with van der Waals surface area (Å²) in [5.74, 6) is 0.788. The smallest absolute Gasteiger partial charge is 0.125 e. The third-order valence-corrected chi connectivity index (χ3v) is 2.57. The molecule has 16 heavy (non-hydrogen) atoms. The Labute approximate surface area is 98.3 Å². The van der Waals surface area contributed by atoms with Crippen LogP contribution in [0.25, 0.3) is 0 Å². The largest absolute Gasteiger partial charge is 0.491 e. The molecule has 0 unspecified atom stereocenters. The Bertz CT molecular complexity index is 329. The second-order valence-electron chi connectivity index (χ2n) is 4.69. The number of hydrogen-bond donors (Lipinski definition) is 1. The van der Waals surface area contributed by atoms with Gasteiger partial charge >= 0.3 is 0 Å². The molecular weight excluding hydrogens is 200 g/mol. The van der Waals surface area contributed by atoms with E-state index in [-0.39, 0.29) is 6.10 Å². The second-order valence-corrected chi connectivity index (χ2v) is 4.69. The standard InChI is InChI=1S/C14H22O2/c1-5-10-14(4,15)12-8-6-7-9-13(12)16-11(2)3/h6-9,11,15H,5,10H2,1-4H3/t14-/m1/s1. The van der Waals surface area contributed by atoms with Gasteiger partial charge in [-0.2, -0.15) is 0 Å². The molecule has 1 aromatic rings. The van der Waals surface area contributed by atoms with E-state index < -0.39 is 5.60 Å². The lowest BCUT2D eigenvalue weighted by molar-refractivity contribution is 0.0427. The van der Waals surface area contributed by atoms with Crippen LogP contribution in [-0.4, -0.2) is 11.2 Å². The highest BCUT2D eigenvalue weighted by molar-refractivity contribution is 5.37. The molecule has 0 saturated heterocycles. The van der Waals surface area contributed by atoms with Gasteiger partial charge in [-0.05, 0) is 33.3 Å². The first-order valence-electron chi connectivity index (χ1n) is 5.96. The van der Waals surface area contributed by atoms with Gasteiger partial charge in [0, 0.05) is 5.56 Å². The van der Waals surface area contributed by atoms with Crippen molar-refractivity contribution in [3.63, 3.8) is 0 Å². The van der Waals surface area contributed by atoms with Crippen LogP contribution in [-0.2, 0) is 5.60 Å². The van der Waals surface area contributed by atoms with Crippen LogP contribution in [0.5, 0.6) is 5.75 Å². The molecule has 0 fully saturated rings. The quantitative estimate of drug-likeness (QED) is 0.826. The summed E-state index contributed by atoms with van der Waals surface area (Å²) in [5.41, 5.74) is 0.0748. The minimum absolute atomic E-state index is 0.124. The molecule has 0 radical (unpaired) electrons. The molecule has 0 bridgehead atoms. The zero-order valence-electron chi connectivity index (χ0n) is 10.7. The minimum Gasteiger partial charge on any atom is -0.491 e. The molecular formula is C14H22O2. The molecule has 0 aromatic heterocycles. The Hall–Kier alpha value is -1.02. The number of benzene rings is 1. The van der Waals surface area contributed by atoms with Crippen molar-refractivity contribution in [1.82, 2.24) is 0 Å². The summed E-state index contributed by atoms with van der Waals surface area (Å²) >= 11 is 0. The van der Waals surface area contributed by atoms with Gasteiger partial charge in [0.05, 0.1) is 11.7 Å². The van der Waals surface area contributed by atoms with E-state index in [1.165, 1.54) is 0 Å². The van der Waals surface area contributed by atoms with Crippen LogP contribution >= 0.6 is 0 Å². The predicted molar refractivity (Wildman–Crippen MR) is 66.7 cm³/mol. The maximum Gasteiger partial charge on any atom is 0.125 e. The highest BCUT2D eigenvalue weighted by atomic mass is 16.5. The third kappa shape index (κ3) is 3.24. The molecule has 0 aliphatic carbocycles. The monoisotopic (exact) mass is 222 g/mol. The van der Waals surface area contributed by atoms with E-state index in [9.17, 15) is 5.11 Å². The molecule has 1 atom stereocenters. The zero-order valence-corrected chi connectivity index (χ0v) is 10.7. The van der Waals surface area contributed by atoms with Crippen molar-refractivity contribution < 1.29 is 9.84 Å². The lowest BCUT2D eigenvalue weighted by atomic mass is 9.90. The molecule has 1 aromatic carbocycles. The van der Waals surface area contributed by atoms with Crippen LogP contribution in [0.1, 0.15) is 46.1 Å². The SMILES string of the molecule is CCC[C@@](C)(O)c1ccccc1OC(C)C. The van der Waals surface area contributed by atoms with Gasteiger partial charge in [-0.3, -0.25) is 0 Å². The zero-order chi connectivity index (χ0) is 12.2. The van der Waals surface area contributed by atoms with Gasteiger partial charge in [0.15, 0.2) is 0 Å². The summed E-state index contributed by atoms with van der Waals surface area (Å²) in [6, 6.07) is 7.72. The van der Waals surface area contributed by atoms with Crippen molar-refractivity contribution in [3.8, 4) is 5.75 Å². The maximum atomic E-state index is 10.4. The van der Waals surface area contributed by atoms with Crippen LogP contribution in [0.2, 0.25) is 0 Å². The fourth-order valence-electron chi connectivity index (χ4n) is 1.89. The topological polar surface area (TPSA) is 29.5 Å². The summed E-state index contributed by atoms with van der Waals surface area (Å²) < 4.78 is 5.72. The summed E-state index contributed by atoms with van der Waals surface area (Å²) in [5, 5.41) is 10.4. The fourth-order valence-corrected chi connectivity index (χ4v) is 1.89. The van der Waals surface area contributed by atoms with Crippen molar-refractivity contribution in [2.45, 2.75) is 52.2 Å². The summed E-state index contributed by atoms with van der Waals surface area (Å²) in [7, 11) is 0. The van der Waals surface area contributed by atoms with Gasteiger partial charge in [-0.1, -0.05) is 31.5 Å². The second kappa shape index (κ2) is 5.35.